The molecular formula is C32H22N4O2S. The number of ether oxygens (including phenoxy) is 1. The highest BCUT2D eigenvalue weighted by Gasteiger charge is 2.15. The van der Waals surface area contributed by atoms with Crippen molar-refractivity contribution in [1.29, 1.82) is 0 Å². The van der Waals surface area contributed by atoms with E-state index in [2.05, 4.69) is 35.5 Å². The first-order valence-corrected chi connectivity index (χ1v) is 12.7. The third-order valence-corrected chi connectivity index (χ3v) is 6.99. The monoisotopic (exact) mass is 526 g/mol. The number of fused-ring (bicyclic) bond motifs is 7. The summed E-state index contributed by atoms with van der Waals surface area (Å²) in [7, 11) is 1.35. The minimum Gasteiger partial charge on any atom is -0.465 e. The molecule has 0 radical (unpaired) electrons. The minimum absolute atomic E-state index is 0.250. The van der Waals surface area contributed by atoms with Crippen molar-refractivity contribution in [3.8, 4) is 12.3 Å². The van der Waals surface area contributed by atoms with Crippen molar-refractivity contribution in [2.45, 2.75) is 0 Å². The minimum atomic E-state index is -0.406. The standard InChI is InChI=1S/C32H22N4O2S/c1-3-18-36(22-15-12-20(13-16-22)31(37)38-2)32(39)33-21-14-17-27-28(19-21)35-30-26-11-7-5-9-24(26)23-8-4-6-10-25(23)29(30)34-27/h1,4-17,19H,18H2,2H3,(H,33,39). The van der Waals surface area contributed by atoms with Crippen LogP contribution in [-0.2, 0) is 4.74 Å². The summed E-state index contributed by atoms with van der Waals surface area (Å²) >= 11 is 5.72. The number of thiocarbonyl (C=S) groups is 1. The van der Waals surface area contributed by atoms with Crippen LogP contribution in [0.4, 0.5) is 11.4 Å². The van der Waals surface area contributed by atoms with E-state index in [1.807, 2.05) is 42.5 Å². The van der Waals surface area contributed by atoms with Crippen molar-refractivity contribution in [2.24, 2.45) is 0 Å². The molecule has 0 saturated carbocycles. The summed E-state index contributed by atoms with van der Waals surface area (Å²) in [4.78, 5) is 23.7. The first-order chi connectivity index (χ1) is 19.1. The smallest absolute Gasteiger partial charge is 0.337 e. The topological polar surface area (TPSA) is 67.3 Å². The maximum Gasteiger partial charge on any atom is 0.337 e. The molecule has 7 heteroatoms. The van der Waals surface area contributed by atoms with Gasteiger partial charge in [0.1, 0.15) is 0 Å². The van der Waals surface area contributed by atoms with Crippen LogP contribution in [0.25, 0.3) is 43.6 Å². The van der Waals surface area contributed by atoms with Gasteiger partial charge in [-0.2, -0.15) is 0 Å². The van der Waals surface area contributed by atoms with Crippen molar-refractivity contribution in [3.63, 3.8) is 0 Å². The number of methoxy groups -OCH3 is 1. The first-order valence-electron chi connectivity index (χ1n) is 12.3. The van der Waals surface area contributed by atoms with Crippen LogP contribution < -0.4 is 10.2 Å². The molecule has 188 valence electrons. The van der Waals surface area contributed by atoms with Crippen LogP contribution in [0, 0.1) is 12.3 Å². The Morgan fingerprint density at radius 1 is 0.872 bits per heavy atom. The van der Waals surface area contributed by atoms with E-state index in [-0.39, 0.29) is 6.54 Å². The number of terminal acetylenes is 1. The van der Waals surface area contributed by atoms with Crippen LogP contribution in [0.3, 0.4) is 0 Å². The number of anilines is 2. The number of rotatable bonds is 4. The molecule has 6 aromatic rings. The lowest BCUT2D eigenvalue weighted by Gasteiger charge is -2.24. The van der Waals surface area contributed by atoms with Crippen LogP contribution in [0.1, 0.15) is 10.4 Å². The molecule has 0 aliphatic rings. The van der Waals surface area contributed by atoms with Crippen LogP contribution in [-0.4, -0.2) is 34.7 Å². The number of benzene rings is 5. The van der Waals surface area contributed by atoms with E-state index in [0.717, 1.165) is 55.0 Å². The zero-order valence-electron chi connectivity index (χ0n) is 21.0. The Morgan fingerprint density at radius 2 is 1.46 bits per heavy atom. The van der Waals surface area contributed by atoms with E-state index in [0.29, 0.717) is 10.7 Å². The number of hydrogen-bond acceptors (Lipinski definition) is 5. The number of nitrogens with zero attached hydrogens (tertiary/aromatic N) is 3. The molecule has 0 aliphatic heterocycles. The zero-order valence-corrected chi connectivity index (χ0v) is 21.8. The van der Waals surface area contributed by atoms with Gasteiger partial charge in [-0.3, -0.25) is 0 Å². The third kappa shape index (κ3) is 4.37. The molecule has 6 nitrogen and oxygen atoms in total. The second-order valence-corrected chi connectivity index (χ2v) is 9.36. The van der Waals surface area contributed by atoms with Gasteiger partial charge in [-0.1, -0.05) is 54.5 Å². The molecular weight excluding hydrogens is 504 g/mol. The van der Waals surface area contributed by atoms with E-state index in [1.54, 1.807) is 29.2 Å². The average molecular weight is 527 g/mol. The Morgan fingerprint density at radius 3 is 2.05 bits per heavy atom. The van der Waals surface area contributed by atoms with E-state index in [1.165, 1.54) is 7.11 Å². The fraction of sp³-hybridized carbons (Fsp3) is 0.0625. The van der Waals surface area contributed by atoms with Gasteiger partial charge in [0.15, 0.2) is 5.11 Å². The summed E-state index contributed by atoms with van der Waals surface area (Å²) < 4.78 is 4.78. The predicted molar refractivity (Wildman–Crippen MR) is 162 cm³/mol. The van der Waals surface area contributed by atoms with E-state index < -0.39 is 5.97 Å². The average Bonchev–Trinajstić information content (AvgIpc) is 2.99. The maximum atomic E-state index is 11.8. The molecule has 1 heterocycles. The number of esters is 1. The van der Waals surface area contributed by atoms with Gasteiger partial charge in [-0.05, 0) is 65.5 Å². The maximum absolute atomic E-state index is 11.8. The van der Waals surface area contributed by atoms with Crippen molar-refractivity contribution >= 4 is 78.3 Å². The van der Waals surface area contributed by atoms with Crippen molar-refractivity contribution < 1.29 is 9.53 Å². The van der Waals surface area contributed by atoms with Gasteiger partial charge in [0.2, 0.25) is 0 Å². The highest BCUT2D eigenvalue weighted by molar-refractivity contribution is 7.80. The second kappa shape index (κ2) is 10.0. The van der Waals surface area contributed by atoms with Gasteiger partial charge in [0.25, 0.3) is 0 Å². The molecule has 0 unspecified atom stereocenters. The lowest BCUT2D eigenvalue weighted by atomic mass is 9.99. The summed E-state index contributed by atoms with van der Waals surface area (Å²) in [6.45, 7) is 0.250. The van der Waals surface area contributed by atoms with Gasteiger partial charge in [0, 0.05) is 22.1 Å². The number of aromatic nitrogens is 2. The molecule has 0 bridgehead atoms. The van der Waals surface area contributed by atoms with Crippen LogP contribution in [0.2, 0.25) is 0 Å². The fourth-order valence-electron chi connectivity index (χ4n) is 4.81. The van der Waals surface area contributed by atoms with Crippen LogP contribution in [0.15, 0.2) is 91.0 Å². The summed E-state index contributed by atoms with van der Waals surface area (Å²) in [6.07, 6.45) is 5.64. The van der Waals surface area contributed by atoms with Crippen molar-refractivity contribution in [1.82, 2.24) is 9.97 Å². The molecule has 5 aromatic carbocycles. The number of carbonyl (C=O) groups is 1. The van der Waals surface area contributed by atoms with Crippen LogP contribution >= 0.6 is 12.2 Å². The summed E-state index contributed by atoms with van der Waals surface area (Å²) in [6, 6.07) is 29.3. The molecule has 39 heavy (non-hydrogen) atoms. The van der Waals surface area contributed by atoms with Gasteiger partial charge in [-0.25, -0.2) is 14.8 Å². The number of nitrogens with one attached hydrogen (secondary N) is 1. The molecule has 0 fully saturated rings. The first kappa shape index (κ1) is 24.3. The summed E-state index contributed by atoms with van der Waals surface area (Å²) in [5, 5.41) is 8.14. The zero-order chi connectivity index (χ0) is 26.9. The molecule has 0 atom stereocenters. The van der Waals surface area contributed by atoms with E-state index in [4.69, 9.17) is 33.3 Å². The SMILES string of the molecule is C#CCN(C(=S)Nc1ccc2nc3c4ccccc4c4ccccc4c3nc2c1)c1ccc(C(=O)OC)cc1. The summed E-state index contributed by atoms with van der Waals surface area (Å²) in [5.74, 6) is 2.24. The second-order valence-electron chi connectivity index (χ2n) is 8.97. The normalized spacial score (nSPS) is 11.0. The van der Waals surface area contributed by atoms with E-state index in [9.17, 15) is 4.79 Å². The van der Waals surface area contributed by atoms with Crippen molar-refractivity contribution in [3.05, 3.63) is 96.6 Å². The summed E-state index contributed by atoms with van der Waals surface area (Å²) in [5.41, 5.74) is 5.24. The molecule has 1 aromatic heterocycles. The van der Waals surface area contributed by atoms with Crippen LogP contribution in [0.5, 0.6) is 0 Å². The number of hydrogen-bond donors (Lipinski definition) is 1. The largest absolute Gasteiger partial charge is 0.465 e. The van der Waals surface area contributed by atoms with E-state index >= 15 is 0 Å². The van der Waals surface area contributed by atoms with Gasteiger partial charge >= 0.3 is 5.97 Å². The quantitative estimate of drug-likeness (QED) is 0.0900. The molecule has 0 spiro atoms. The Hall–Kier alpha value is -5.06. The fourth-order valence-corrected chi connectivity index (χ4v) is 5.10. The predicted octanol–water partition coefficient (Wildman–Crippen LogP) is 6.71. The highest BCUT2D eigenvalue weighted by Crippen LogP contribution is 2.34. The Kier molecular flexibility index (Phi) is 6.23. The lowest BCUT2D eigenvalue weighted by molar-refractivity contribution is 0.0600. The lowest BCUT2D eigenvalue weighted by Crippen LogP contribution is -2.35. The number of carbonyl (C=O) groups excluding carboxylic acids is 1. The molecule has 1 N–H and O–H groups in total. The molecule has 0 saturated heterocycles. The van der Waals surface area contributed by atoms with Gasteiger partial charge in [0.05, 0.1) is 41.3 Å². The highest BCUT2D eigenvalue weighted by atomic mass is 32.1. The van der Waals surface area contributed by atoms with Gasteiger partial charge in [-0.15, -0.1) is 6.42 Å². The van der Waals surface area contributed by atoms with Crippen molar-refractivity contribution in [2.75, 3.05) is 23.9 Å². The molecule has 0 aliphatic carbocycles. The third-order valence-electron chi connectivity index (χ3n) is 6.66. The van der Waals surface area contributed by atoms with Gasteiger partial charge < -0.3 is 15.0 Å². The molecule has 0 amide bonds. The Balaban J connectivity index is 1.38. The Labute approximate surface area is 230 Å². The molecule has 6 rings (SSSR count). The Bertz CT molecular complexity index is 1960.